The fourth-order valence-corrected chi connectivity index (χ4v) is 1.51. The molecule has 0 fully saturated rings. The number of hydrogen-bond acceptors (Lipinski definition) is 4. The number of aliphatic carboxylic acids is 1. The van der Waals surface area contributed by atoms with Gasteiger partial charge in [-0.25, -0.2) is 4.79 Å². The summed E-state index contributed by atoms with van der Waals surface area (Å²) in [5.74, 6) is -1.04. The third-order valence-electron chi connectivity index (χ3n) is 1.76. The predicted molar refractivity (Wildman–Crippen MR) is 64.8 cm³/mol. The second-order valence-corrected chi connectivity index (χ2v) is 4.28. The summed E-state index contributed by atoms with van der Waals surface area (Å²) in [4.78, 5) is 33.6. The second-order valence-electron chi connectivity index (χ2n) is 3.29. The van der Waals surface area contributed by atoms with Crippen molar-refractivity contribution in [2.45, 2.75) is 6.42 Å². The third-order valence-corrected chi connectivity index (χ3v) is 2.46. The molecule has 0 aliphatic rings. The molecule has 4 N–H and O–H groups in total. The number of nitrogens with zero attached hydrogens (tertiary/aromatic N) is 1. The van der Waals surface area contributed by atoms with E-state index in [4.69, 9.17) is 10.8 Å². The SMILES string of the molecule is CSCCCNC(=O)N(CC(N)=O)CC(=O)O. The molecule has 0 atom stereocenters. The van der Waals surface area contributed by atoms with Gasteiger partial charge in [0, 0.05) is 6.54 Å². The van der Waals surface area contributed by atoms with E-state index in [0.717, 1.165) is 17.1 Å². The Labute approximate surface area is 104 Å². The standard InChI is InChI=1S/C9H17N3O4S/c1-17-4-2-3-11-9(16)12(5-7(10)13)6-8(14)15/h2-6H2,1H3,(H2,10,13)(H,11,16)(H,14,15). The Morgan fingerprint density at radius 2 is 2.00 bits per heavy atom. The Balaban J connectivity index is 4.12. The molecule has 0 aromatic heterocycles. The largest absolute Gasteiger partial charge is 0.480 e. The smallest absolute Gasteiger partial charge is 0.323 e. The van der Waals surface area contributed by atoms with Gasteiger partial charge < -0.3 is 21.1 Å². The molecular formula is C9H17N3O4S. The van der Waals surface area contributed by atoms with Crippen LogP contribution in [0.15, 0.2) is 0 Å². The molecule has 17 heavy (non-hydrogen) atoms. The quantitative estimate of drug-likeness (QED) is 0.502. The Kier molecular flexibility index (Phi) is 7.95. The maximum absolute atomic E-state index is 11.5. The van der Waals surface area contributed by atoms with Crippen molar-refractivity contribution < 1.29 is 19.5 Å². The minimum atomic E-state index is -1.19. The highest BCUT2D eigenvalue weighted by molar-refractivity contribution is 7.98. The van der Waals surface area contributed by atoms with Crippen LogP contribution in [0.5, 0.6) is 0 Å². The molecule has 0 bridgehead atoms. The van der Waals surface area contributed by atoms with E-state index >= 15 is 0 Å². The first-order valence-electron chi connectivity index (χ1n) is 4.99. The van der Waals surface area contributed by atoms with Gasteiger partial charge in [0.1, 0.15) is 13.1 Å². The molecular weight excluding hydrogens is 246 g/mol. The number of carbonyl (C=O) groups is 3. The van der Waals surface area contributed by atoms with Crippen molar-refractivity contribution >= 4 is 29.7 Å². The average molecular weight is 263 g/mol. The first-order chi connectivity index (χ1) is 7.97. The number of hydrogen-bond donors (Lipinski definition) is 3. The number of thioether (sulfide) groups is 1. The molecule has 0 spiro atoms. The van der Waals surface area contributed by atoms with Crippen LogP contribution < -0.4 is 11.1 Å². The summed E-state index contributed by atoms with van der Waals surface area (Å²) in [6, 6.07) is -0.590. The fourth-order valence-electron chi connectivity index (χ4n) is 1.07. The Hall–Kier alpha value is -1.44. The van der Waals surface area contributed by atoms with Crippen LogP contribution in [0, 0.1) is 0 Å². The molecule has 0 saturated heterocycles. The molecule has 0 rings (SSSR count). The van der Waals surface area contributed by atoms with Gasteiger partial charge in [-0.15, -0.1) is 0 Å². The van der Waals surface area contributed by atoms with E-state index in [1.165, 1.54) is 0 Å². The number of urea groups is 1. The molecule has 0 saturated carbocycles. The first kappa shape index (κ1) is 15.6. The van der Waals surface area contributed by atoms with Gasteiger partial charge in [0.25, 0.3) is 0 Å². The molecule has 98 valence electrons. The first-order valence-corrected chi connectivity index (χ1v) is 6.38. The van der Waals surface area contributed by atoms with E-state index in [0.29, 0.717) is 6.54 Å². The number of rotatable bonds is 8. The number of nitrogens with one attached hydrogen (secondary N) is 1. The van der Waals surface area contributed by atoms with Gasteiger partial charge >= 0.3 is 12.0 Å². The van der Waals surface area contributed by atoms with Crippen molar-refractivity contribution in [1.29, 1.82) is 0 Å². The Morgan fingerprint density at radius 3 is 2.47 bits per heavy atom. The maximum Gasteiger partial charge on any atom is 0.323 e. The van der Waals surface area contributed by atoms with Crippen LogP contribution in [0.25, 0.3) is 0 Å². The van der Waals surface area contributed by atoms with Crippen LogP contribution in [0.2, 0.25) is 0 Å². The van der Waals surface area contributed by atoms with E-state index in [2.05, 4.69) is 5.32 Å². The molecule has 0 aliphatic carbocycles. The third kappa shape index (κ3) is 8.38. The topological polar surface area (TPSA) is 113 Å². The van der Waals surface area contributed by atoms with E-state index < -0.39 is 31.0 Å². The number of amides is 3. The summed E-state index contributed by atoms with van der Waals surface area (Å²) in [6.45, 7) is -0.507. The molecule has 0 heterocycles. The van der Waals surface area contributed by atoms with Gasteiger partial charge in [-0.2, -0.15) is 11.8 Å². The number of nitrogens with two attached hydrogens (primary N) is 1. The molecule has 0 aromatic carbocycles. The van der Waals surface area contributed by atoms with Crippen molar-refractivity contribution in [3.8, 4) is 0 Å². The molecule has 0 unspecified atom stereocenters. The summed E-state index contributed by atoms with van der Waals surface area (Å²) < 4.78 is 0. The minimum Gasteiger partial charge on any atom is -0.480 e. The van der Waals surface area contributed by atoms with Crippen molar-refractivity contribution in [2.75, 3.05) is 31.6 Å². The van der Waals surface area contributed by atoms with Crippen LogP contribution in [0.4, 0.5) is 4.79 Å². The maximum atomic E-state index is 11.5. The van der Waals surface area contributed by atoms with Gasteiger partial charge in [-0.1, -0.05) is 0 Å². The number of carboxylic acids is 1. The highest BCUT2D eigenvalue weighted by Crippen LogP contribution is 1.95. The van der Waals surface area contributed by atoms with Gasteiger partial charge in [-0.3, -0.25) is 9.59 Å². The summed E-state index contributed by atoms with van der Waals surface area (Å²) in [5, 5.41) is 11.1. The summed E-state index contributed by atoms with van der Waals surface area (Å²) in [6.07, 6.45) is 2.73. The van der Waals surface area contributed by atoms with E-state index in [9.17, 15) is 14.4 Å². The second kappa shape index (κ2) is 8.68. The van der Waals surface area contributed by atoms with Gasteiger partial charge in [0.15, 0.2) is 0 Å². The zero-order valence-electron chi connectivity index (χ0n) is 9.64. The van der Waals surface area contributed by atoms with Crippen LogP contribution in [0.1, 0.15) is 6.42 Å². The van der Waals surface area contributed by atoms with Crippen LogP contribution in [0.3, 0.4) is 0 Å². The molecule has 7 nitrogen and oxygen atoms in total. The molecule has 0 radical (unpaired) electrons. The summed E-state index contributed by atoms with van der Waals surface area (Å²) in [7, 11) is 0. The van der Waals surface area contributed by atoms with Crippen LogP contribution >= 0.6 is 11.8 Å². The van der Waals surface area contributed by atoms with Crippen LogP contribution in [-0.4, -0.2) is 59.6 Å². The zero-order chi connectivity index (χ0) is 13.3. The summed E-state index contributed by atoms with van der Waals surface area (Å²) in [5.41, 5.74) is 4.93. The van der Waals surface area contributed by atoms with Crippen molar-refractivity contribution in [3.05, 3.63) is 0 Å². The van der Waals surface area contributed by atoms with Crippen molar-refractivity contribution in [1.82, 2.24) is 10.2 Å². The molecule has 0 aliphatic heterocycles. The lowest BCUT2D eigenvalue weighted by molar-refractivity contribution is -0.137. The molecule has 8 heteroatoms. The van der Waals surface area contributed by atoms with Gasteiger partial charge in [0.05, 0.1) is 0 Å². The monoisotopic (exact) mass is 263 g/mol. The van der Waals surface area contributed by atoms with Crippen molar-refractivity contribution in [2.24, 2.45) is 5.73 Å². The lowest BCUT2D eigenvalue weighted by Crippen LogP contribution is -2.46. The Bertz CT molecular complexity index is 269. The molecule has 3 amide bonds. The van der Waals surface area contributed by atoms with Crippen molar-refractivity contribution in [3.63, 3.8) is 0 Å². The van der Waals surface area contributed by atoms with Gasteiger partial charge in [-0.05, 0) is 18.4 Å². The average Bonchev–Trinajstić information content (AvgIpc) is 2.22. The minimum absolute atomic E-state index is 0.402. The lowest BCUT2D eigenvalue weighted by atomic mass is 10.4. The number of carbonyl (C=O) groups excluding carboxylic acids is 2. The van der Waals surface area contributed by atoms with E-state index in [-0.39, 0.29) is 0 Å². The Morgan fingerprint density at radius 1 is 1.35 bits per heavy atom. The van der Waals surface area contributed by atoms with Crippen LogP contribution in [-0.2, 0) is 9.59 Å². The normalized spacial score (nSPS) is 9.71. The highest BCUT2D eigenvalue weighted by atomic mass is 32.2. The predicted octanol–water partition coefficient (Wildman–Crippen LogP) is -0.679. The molecule has 0 aromatic rings. The van der Waals surface area contributed by atoms with E-state index in [1.807, 2.05) is 6.26 Å². The zero-order valence-corrected chi connectivity index (χ0v) is 10.5. The van der Waals surface area contributed by atoms with Gasteiger partial charge in [0.2, 0.25) is 5.91 Å². The fraction of sp³-hybridized carbons (Fsp3) is 0.667. The number of carboxylic acid groups (broad SMARTS) is 1. The highest BCUT2D eigenvalue weighted by Gasteiger charge is 2.17. The van der Waals surface area contributed by atoms with E-state index in [1.54, 1.807) is 11.8 Å². The number of primary amides is 1. The lowest BCUT2D eigenvalue weighted by Gasteiger charge is -2.19. The summed E-state index contributed by atoms with van der Waals surface area (Å²) >= 11 is 1.65.